The number of hydrogen-bond acceptors (Lipinski definition) is 2. The Balaban J connectivity index is 1.79. The highest BCUT2D eigenvalue weighted by atomic mass is 15.1. The number of fused-ring (bicyclic) bond motifs is 1. The van der Waals surface area contributed by atoms with Gasteiger partial charge in [-0.1, -0.05) is 31.2 Å². The van der Waals surface area contributed by atoms with E-state index in [-0.39, 0.29) is 0 Å². The Hall–Kier alpha value is -1.61. The topological polar surface area (TPSA) is 29.9 Å². The maximum atomic E-state index is 4.60. The predicted molar refractivity (Wildman–Crippen MR) is 86.5 cm³/mol. The zero-order valence-corrected chi connectivity index (χ0v) is 13.1. The summed E-state index contributed by atoms with van der Waals surface area (Å²) >= 11 is 0. The van der Waals surface area contributed by atoms with E-state index in [0.717, 1.165) is 19.4 Å². The molecule has 1 aromatic carbocycles. The molecule has 0 radical (unpaired) electrons. The molecule has 3 nitrogen and oxygen atoms in total. The van der Waals surface area contributed by atoms with Gasteiger partial charge >= 0.3 is 0 Å². The van der Waals surface area contributed by atoms with Gasteiger partial charge in [0.15, 0.2) is 0 Å². The molecule has 112 valence electrons. The molecule has 1 unspecified atom stereocenters. The Bertz CT molecular complexity index is 583. The van der Waals surface area contributed by atoms with Crippen molar-refractivity contribution >= 4 is 0 Å². The number of rotatable bonds is 5. The Kier molecular flexibility index (Phi) is 4.39. The molecule has 1 aliphatic rings. The van der Waals surface area contributed by atoms with Crippen molar-refractivity contribution < 1.29 is 0 Å². The number of benzene rings is 1. The molecule has 2 aromatic rings. The highest BCUT2D eigenvalue weighted by Crippen LogP contribution is 2.23. The largest absolute Gasteiger partial charge is 0.332 e. The Labute approximate surface area is 127 Å². The molecule has 0 saturated heterocycles. The lowest BCUT2D eigenvalue weighted by molar-refractivity contribution is 0.483. The van der Waals surface area contributed by atoms with Crippen LogP contribution in [-0.4, -0.2) is 16.6 Å². The van der Waals surface area contributed by atoms with Gasteiger partial charge < -0.3 is 9.88 Å². The molecule has 0 aliphatic heterocycles. The smallest absolute Gasteiger partial charge is 0.0952 e. The van der Waals surface area contributed by atoms with Gasteiger partial charge in [0.05, 0.1) is 12.0 Å². The van der Waals surface area contributed by atoms with E-state index >= 15 is 0 Å². The first-order chi connectivity index (χ1) is 10.3. The van der Waals surface area contributed by atoms with E-state index < -0.39 is 0 Å². The first-order valence-electron chi connectivity index (χ1n) is 8.10. The number of likely N-dealkylation sites (N-methyl/N-ethyl adjacent to an activating group) is 1. The zero-order chi connectivity index (χ0) is 14.7. The monoisotopic (exact) mass is 283 g/mol. The van der Waals surface area contributed by atoms with Gasteiger partial charge in [-0.3, -0.25) is 0 Å². The summed E-state index contributed by atoms with van der Waals surface area (Å²) < 4.78 is 2.35. The van der Waals surface area contributed by atoms with Crippen LogP contribution in [0, 0.1) is 0 Å². The lowest BCUT2D eigenvalue weighted by Crippen LogP contribution is -2.23. The average Bonchev–Trinajstić information content (AvgIpc) is 2.96. The predicted octanol–water partition coefficient (Wildman–Crippen LogP) is 3.29. The fraction of sp³-hybridized carbons (Fsp3) is 0.500. The van der Waals surface area contributed by atoms with Crippen LogP contribution in [0.25, 0.3) is 0 Å². The molecule has 3 heteroatoms. The van der Waals surface area contributed by atoms with E-state index in [0.29, 0.717) is 6.04 Å². The molecule has 1 aromatic heterocycles. The summed E-state index contributed by atoms with van der Waals surface area (Å²) in [6.45, 7) is 3.16. The highest BCUT2D eigenvalue weighted by Gasteiger charge is 2.18. The second-order valence-corrected chi connectivity index (χ2v) is 5.93. The fourth-order valence-electron chi connectivity index (χ4n) is 3.23. The summed E-state index contributed by atoms with van der Waals surface area (Å²) in [6.07, 6.45) is 8.05. The van der Waals surface area contributed by atoms with Crippen molar-refractivity contribution in [1.82, 2.24) is 14.9 Å². The third kappa shape index (κ3) is 3.03. The van der Waals surface area contributed by atoms with Gasteiger partial charge in [-0.15, -0.1) is 0 Å². The summed E-state index contributed by atoms with van der Waals surface area (Å²) in [7, 11) is 2.04. The standard InChI is InChI=1S/C18H25N3/c1-3-14-8-10-15(11-9-14)17(19-2)12-21-13-20-16-6-4-5-7-18(16)21/h8-11,13,17,19H,3-7,12H2,1-2H3. The maximum Gasteiger partial charge on any atom is 0.0952 e. The number of nitrogens with one attached hydrogen (secondary N) is 1. The summed E-state index contributed by atoms with van der Waals surface area (Å²) in [5.41, 5.74) is 5.52. The number of hydrogen-bond donors (Lipinski definition) is 1. The van der Waals surface area contributed by atoms with Crippen LogP contribution in [0.2, 0.25) is 0 Å². The van der Waals surface area contributed by atoms with Gasteiger partial charge in [0.2, 0.25) is 0 Å². The van der Waals surface area contributed by atoms with E-state index in [1.807, 2.05) is 13.4 Å². The SMILES string of the molecule is CCc1ccc(C(Cn2cnc3c2CCCC3)NC)cc1. The summed E-state index contributed by atoms with van der Waals surface area (Å²) in [5.74, 6) is 0. The first-order valence-corrected chi connectivity index (χ1v) is 8.10. The fourth-order valence-corrected chi connectivity index (χ4v) is 3.23. The van der Waals surface area contributed by atoms with E-state index in [9.17, 15) is 0 Å². The van der Waals surface area contributed by atoms with Gasteiger partial charge in [0, 0.05) is 18.3 Å². The van der Waals surface area contributed by atoms with Crippen molar-refractivity contribution in [2.24, 2.45) is 0 Å². The molecule has 1 atom stereocenters. The second-order valence-electron chi connectivity index (χ2n) is 5.93. The number of aryl methyl sites for hydroxylation is 2. The number of imidazole rings is 1. The second kappa shape index (κ2) is 6.44. The van der Waals surface area contributed by atoms with E-state index in [1.165, 1.54) is 41.8 Å². The molecule has 0 bridgehead atoms. The Morgan fingerprint density at radius 1 is 1.19 bits per heavy atom. The molecule has 21 heavy (non-hydrogen) atoms. The van der Waals surface area contributed by atoms with Crippen molar-refractivity contribution in [2.45, 2.75) is 51.6 Å². The van der Waals surface area contributed by atoms with Gasteiger partial charge in [0.25, 0.3) is 0 Å². The number of aromatic nitrogens is 2. The van der Waals surface area contributed by atoms with Crippen LogP contribution in [0.15, 0.2) is 30.6 Å². The van der Waals surface area contributed by atoms with Gasteiger partial charge in [0.1, 0.15) is 0 Å². The lowest BCUT2D eigenvalue weighted by atomic mass is 10.0. The summed E-state index contributed by atoms with van der Waals surface area (Å²) in [4.78, 5) is 4.60. The van der Waals surface area contributed by atoms with Gasteiger partial charge in [-0.25, -0.2) is 4.98 Å². The third-order valence-electron chi connectivity index (χ3n) is 4.63. The zero-order valence-electron chi connectivity index (χ0n) is 13.1. The molecular formula is C18H25N3. The van der Waals surface area contributed by atoms with E-state index in [4.69, 9.17) is 0 Å². The molecule has 0 amide bonds. The molecule has 0 saturated carbocycles. The van der Waals surface area contributed by atoms with Crippen molar-refractivity contribution in [3.05, 3.63) is 53.1 Å². The van der Waals surface area contributed by atoms with Crippen LogP contribution < -0.4 is 5.32 Å². The van der Waals surface area contributed by atoms with Crippen LogP contribution in [0.4, 0.5) is 0 Å². The number of nitrogens with zero attached hydrogens (tertiary/aromatic N) is 2. The van der Waals surface area contributed by atoms with Crippen molar-refractivity contribution in [2.75, 3.05) is 7.05 Å². The Morgan fingerprint density at radius 3 is 2.67 bits per heavy atom. The summed E-state index contributed by atoms with van der Waals surface area (Å²) in [6, 6.07) is 9.33. The molecule has 0 spiro atoms. The van der Waals surface area contributed by atoms with Crippen molar-refractivity contribution in [3.63, 3.8) is 0 Å². The lowest BCUT2D eigenvalue weighted by Gasteiger charge is -2.20. The summed E-state index contributed by atoms with van der Waals surface area (Å²) in [5, 5.41) is 3.45. The van der Waals surface area contributed by atoms with Gasteiger partial charge in [-0.2, -0.15) is 0 Å². The quantitative estimate of drug-likeness (QED) is 0.912. The molecule has 1 N–H and O–H groups in total. The van der Waals surface area contributed by atoms with Crippen molar-refractivity contribution in [3.8, 4) is 0 Å². The Morgan fingerprint density at radius 2 is 1.95 bits per heavy atom. The van der Waals surface area contributed by atoms with Crippen LogP contribution in [0.5, 0.6) is 0 Å². The maximum absolute atomic E-state index is 4.60. The molecule has 0 fully saturated rings. The highest BCUT2D eigenvalue weighted by molar-refractivity contribution is 5.25. The molecule has 1 aliphatic carbocycles. The minimum atomic E-state index is 0.344. The van der Waals surface area contributed by atoms with Crippen LogP contribution in [0.1, 0.15) is 48.3 Å². The minimum Gasteiger partial charge on any atom is -0.332 e. The first kappa shape index (κ1) is 14.3. The van der Waals surface area contributed by atoms with E-state index in [2.05, 4.69) is 46.1 Å². The normalized spacial score (nSPS) is 15.7. The van der Waals surface area contributed by atoms with Gasteiger partial charge in [-0.05, 0) is 50.3 Å². The van der Waals surface area contributed by atoms with Crippen LogP contribution >= 0.6 is 0 Å². The van der Waals surface area contributed by atoms with Crippen LogP contribution in [-0.2, 0) is 25.8 Å². The average molecular weight is 283 g/mol. The molecule has 3 rings (SSSR count). The molecular weight excluding hydrogens is 258 g/mol. The van der Waals surface area contributed by atoms with E-state index in [1.54, 1.807) is 0 Å². The molecule has 1 heterocycles. The third-order valence-corrected chi connectivity index (χ3v) is 4.63. The minimum absolute atomic E-state index is 0.344. The van der Waals surface area contributed by atoms with Crippen LogP contribution in [0.3, 0.4) is 0 Å². The van der Waals surface area contributed by atoms with Crippen molar-refractivity contribution in [1.29, 1.82) is 0 Å².